The second-order valence-electron chi connectivity index (χ2n) is 4.80. The topological polar surface area (TPSA) is 63.0 Å². The van der Waals surface area contributed by atoms with Gasteiger partial charge < -0.3 is 4.74 Å². The van der Waals surface area contributed by atoms with Crippen molar-refractivity contribution in [2.24, 2.45) is 0 Å². The molecule has 0 bridgehead atoms. The van der Waals surface area contributed by atoms with Crippen molar-refractivity contribution >= 4 is 17.3 Å². The standard InChI is InChI=1S/C16H16N2O2S/c1-4-20-16(19)13-14(21-15(18-13)10(2)3)12-7-5-6-11(8-12)9-17/h5-8,10H,4H2,1-3H3. The molecule has 0 radical (unpaired) electrons. The Kier molecular flexibility index (Phi) is 4.71. The predicted octanol–water partition coefficient (Wildman–Crippen LogP) is 3.98. The minimum atomic E-state index is -0.419. The highest BCUT2D eigenvalue weighted by molar-refractivity contribution is 7.15. The number of hydrogen-bond acceptors (Lipinski definition) is 5. The minimum absolute atomic E-state index is 0.232. The first-order valence-electron chi connectivity index (χ1n) is 6.75. The lowest BCUT2D eigenvalue weighted by Gasteiger charge is -2.02. The Morgan fingerprint density at radius 2 is 2.24 bits per heavy atom. The fraction of sp³-hybridized carbons (Fsp3) is 0.312. The third-order valence-corrected chi connectivity index (χ3v) is 4.27. The molecular weight excluding hydrogens is 284 g/mol. The van der Waals surface area contributed by atoms with Crippen LogP contribution < -0.4 is 0 Å². The summed E-state index contributed by atoms with van der Waals surface area (Å²) in [5.74, 6) is -0.186. The summed E-state index contributed by atoms with van der Waals surface area (Å²) in [4.78, 5) is 17.3. The maximum Gasteiger partial charge on any atom is 0.358 e. The predicted molar refractivity (Wildman–Crippen MR) is 82.3 cm³/mol. The number of carbonyl (C=O) groups is 1. The quantitative estimate of drug-likeness (QED) is 0.801. The molecule has 2 aromatic rings. The second kappa shape index (κ2) is 6.51. The normalized spacial score (nSPS) is 10.4. The third kappa shape index (κ3) is 3.29. The number of esters is 1. The average Bonchev–Trinajstić information content (AvgIpc) is 2.93. The van der Waals surface area contributed by atoms with Gasteiger partial charge in [0.1, 0.15) is 0 Å². The van der Waals surface area contributed by atoms with E-state index in [1.54, 1.807) is 25.1 Å². The van der Waals surface area contributed by atoms with Crippen LogP contribution in [-0.4, -0.2) is 17.6 Å². The molecular formula is C16H16N2O2S. The zero-order valence-electron chi connectivity index (χ0n) is 12.2. The first kappa shape index (κ1) is 15.2. The molecule has 4 nitrogen and oxygen atoms in total. The highest BCUT2D eigenvalue weighted by Crippen LogP contribution is 2.34. The summed E-state index contributed by atoms with van der Waals surface area (Å²) in [5, 5.41) is 9.90. The van der Waals surface area contributed by atoms with Crippen LogP contribution in [0.3, 0.4) is 0 Å². The van der Waals surface area contributed by atoms with Gasteiger partial charge in [-0.25, -0.2) is 9.78 Å². The number of thiazole rings is 1. The number of hydrogen-bond donors (Lipinski definition) is 0. The Morgan fingerprint density at radius 3 is 2.86 bits per heavy atom. The van der Waals surface area contributed by atoms with E-state index in [2.05, 4.69) is 11.1 Å². The summed E-state index contributed by atoms with van der Waals surface area (Å²) in [6.07, 6.45) is 0. The summed E-state index contributed by atoms with van der Waals surface area (Å²) in [6.45, 7) is 6.14. The monoisotopic (exact) mass is 300 g/mol. The van der Waals surface area contributed by atoms with Crippen molar-refractivity contribution in [3.63, 3.8) is 0 Å². The average molecular weight is 300 g/mol. The highest BCUT2D eigenvalue weighted by Gasteiger charge is 2.21. The Bertz CT molecular complexity index is 699. The fourth-order valence-electron chi connectivity index (χ4n) is 1.85. The molecule has 0 aliphatic rings. The summed E-state index contributed by atoms with van der Waals surface area (Å²) < 4.78 is 5.08. The Labute approximate surface area is 128 Å². The van der Waals surface area contributed by atoms with Gasteiger partial charge in [-0.3, -0.25) is 0 Å². The van der Waals surface area contributed by atoms with Gasteiger partial charge in [0.15, 0.2) is 5.69 Å². The van der Waals surface area contributed by atoms with E-state index in [9.17, 15) is 4.79 Å². The van der Waals surface area contributed by atoms with Crippen molar-refractivity contribution in [3.05, 3.63) is 40.5 Å². The third-order valence-electron chi connectivity index (χ3n) is 2.86. The lowest BCUT2D eigenvalue weighted by molar-refractivity contribution is 0.0521. The molecule has 0 amide bonds. The van der Waals surface area contributed by atoms with Crippen LogP contribution in [0.1, 0.15) is 47.7 Å². The van der Waals surface area contributed by atoms with Gasteiger partial charge in [-0.15, -0.1) is 11.3 Å². The van der Waals surface area contributed by atoms with Crippen molar-refractivity contribution in [3.8, 4) is 16.5 Å². The van der Waals surface area contributed by atoms with Crippen LogP contribution in [-0.2, 0) is 4.74 Å². The molecule has 0 atom stereocenters. The van der Waals surface area contributed by atoms with Crippen molar-refractivity contribution < 1.29 is 9.53 Å². The lowest BCUT2D eigenvalue weighted by Crippen LogP contribution is -2.06. The first-order valence-corrected chi connectivity index (χ1v) is 7.56. The Balaban J connectivity index is 2.55. The molecule has 0 aliphatic carbocycles. The summed E-state index contributed by atoms with van der Waals surface area (Å²) in [5.41, 5.74) is 1.71. The molecule has 0 aliphatic heterocycles. The molecule has 108 valence electrons. The maximum absolute atomic E-state index is 12.1. The molecule has 0 saturated carbocycles. The molecule has 0 N–H and O–H groups in total. The summed E-state index contributed by atoms with van der Waals surface area (Å²) >= 11 is 1.47. The lowest BCUT2D eigenvalue weighted by atomic mass is 10.1. The molecule has 1 aromatic heterocycles. The van der Waals surface area contributed by atoms with Crippen LogP contribution in [0.2, 0.25) is 0 Å². The van der Waals surface area contributed by atoms with E-state index >= 15 is 0 Å². The van der Waals surface area contributed by atoms with E-state index in [0.717, 1.165) is 15.4 Å². The largest absolute Gasteiger partial charge is 0.461 e. The maximum atomic E-state index is 12.1. The van der Waals surface area contributed by atoms with Gasteiger partial charge in [0, 0.05) is 5.92 Å². The van der Waals surface area contributed by atoms with Gasteiger partial charge in [-0.1, -0.05) is 26.0 Å². The van der Waals surface area contributed by atoms with E-state index in [1.807, 2.05) is 19.9 Å². The van der Waals surface area contributed by atoms with Crippen molar-refractivity contribution in [2.45, 2.75) is 26.7 Å². The molecule has 0 fully saturated rings. The number of benzene rings is 1. The van der Waals surface area contributed by atoms with E-state index < -0.39 is 5.97 Å². The van der Waals surface area contributed by atoms with Crippen molar-refractivity contribution in [2.75, 3.05) is 6.61 Å². The van der Waals surface area contributed by atoms with Crippen LogP contribution >= 0.6 is 11.3 Å². The molecule has 0 spiro atoms. The zero-order chi connectivity index (χ0) is 15.4. The van der Waals surface area contributed by atoms with Crippen molar-refractivity contribution in [1.29, 1.82) is 5.26 Å². The number of carbonyl (C=O) groups excluding carboxylic acids is 1. The first-order chi connectivity index (χ1) is 10.1. The molecule has 0 saturated heterocycles. The summed E-state index contributed by atoms with van der Waals surface area (Å²) in [7, 11) is 0. The highest BCUT2D eigenvalue weighted by atomic mass is 32.1. The minimum Gasteiger partial charge on any atom is -0.461 e. The smallest absolute Gasteiger partial charge is 0.358 e. The van der Waals surface area contributed by atoms with Crippen LogP contribution in [0.4, 0.5) is 0 Å². The van der Waals surface area contributed by atoms with Gasteiger partial charge in [0.2, 0.25) is 0 Å². The number of aromatic nitrogens is 1. The summed E-state index contributed by atoms with van der Waals surface area (Å²) in [6, 6.07) is 9.29. The molecule has 0 unspecified atom stereocenters. The van der Waals surface area contributed by atoms with Crippen LogP contribution in [0.5, 0.6) is 0 Å². The number of ether oxygens (including phenoxy) is 1. The number of nitrogens with zero attached hydrogens (tertiary/aromatic N) is 2. The Hall–Kier alpha value is -2.19. The van der Waals surface area contributed by atoms with E-state index in [1.165, 1.54) is 11.3 Å². The van der Waals surface area contributed by atoms with E-state index in [0.29, 0.717) is 17.9 Å². The van der Waals surface area contributed by atoms with Gasteiger partial charge in [-0.2, -0.15) is 5.26 Å². The van der Waals surface area contributed by atoms with Crippen LogP contribution in [0.15, 0.2) is 24.3 Å². The molecule has 5 heteroatoms. The van der Waals surface area contributed by atoms with Gasteiger partial charge in [-0.05, 0) is 24.6 Å². The van der Waals surface area contributed by atoms with Crippen molar-refractivity contribution in [1.82, 2.24) is 4.98 Å². The molecule has 1 heterocycles. The number of rotatable bonds is 4. The second-order valence-corrected chi connectivity index (χ2v) is 5.83. The van der Waals surface area contributed by atoms with Crippen LogP contribution in [0, 0.1) is 11.3 Å². The van der Waals surface area contributed by atoms with Gasteiger partial charge in [0.05, 0.1) is 28.1 Å². The molecule has 2 rings (SSSR count). The number of nitriles is 1. The van der Waals surface area contributed by atoms with Crippen LogP contribution in [0.25, 0.3) is 10.4 Å². The van der Waals surface area contributed by atoms with E-state index in [4.69, 9.17) is 10.00 Å². The Morgan fingerprint density at radius 1 is 1.48 bits per heavy atom. The van der Waals surface area contributed by atoms with Gasteiger partial charge >= 0.3 is 5.97 Å². The zero-order valence-corrected chi connectivity index (χ0v) is 13.0. The SMILES string of the molecule is CCOC(=O)c1nc(C(C)C)sc1-c1cccc(C#N)c1. The van der Waals surface area contributed by atoms with Gasteiger partial charge in [0.25, 0.3) is 0 Å². The fourth-order valence-corrected chi connectivity index (χ4v) is 2.90. The van der Waals surface area contributed by atoms with E-state index in [-0.39, 0.29) is 5.92 Å². The molecule has 21 heavy (non-hydrogen) atoms. The molecule has 1 aromatic carbocycles.